The fourth-order valence-corrected chi connectivity index (χ4v) is 3.61. The van der Waals surface area contributed by atoms with E-state index in [4.69, 9.17) is 7.85 Å². The summed E-state index contributed by atoms with van der Waals surface area (Å²) >= 11 is 0. The minimum Gasteiger partial charge on any atom is -0.481 e. The van der Waals surface area contributed by atoms with E-state index in [1.807, 2.05) is 6.92 Å². The predicted octanol–water partition coefficient (Wildman–Crippen LogP) is 3.82. The van der Waals surface area contributed by atoms with Crippen LogP contribution in [0.1, 0.15) is 44.6 Å². The number of hydrogen-bond acceptors (Lipinski definition) is 2. The van der Waals surface area contributed by atoms with Crippen molar-refractivity contribution in [2.75, 3.05) is 19.6 Å². The molecular weight excluding hydrogens is 323 g/mol. The number of hydrogen-bond donors (Lipinski definition) is 1. The van der Waals surface area contributed by atoms with E-state index in [0.29, 0.717) is 12.8 Å². The van der Waals surface area contributed by atoms with Crippen molar-refractivity contribution in [3.8, 4) is 0 Å². The molecule has 1 aromatic rings. The molecule has 1 aromatic carbocycles. The van der Waals surface area contributed by atoms with Crippen LogP contribution in [0.4, 0.5) is 8.78 Å². The zero-order valence-corrected chi connectivity index (χ0v) is 14.8. The van der Waals surface area contributed by atoms with Crippen LogP contribution in [0, 0.1) is 17.6 Å². The number of carboxylic acids is 1. The molecule has 1 unspecified atom stereocenters. The van der Waals surface area contributed by atoms with Gasteiger partial charge in [-0.1, -0.05) is 25.8 Å². The first kappa shape index (κ1) is 19.9. The molecule has 0 aromatic heterocycles. The van der Waals surface area contributed by atoms with Crippen molar-refractivity contribution in [3.05, 3.63) is 35.4 Å². The van der Waals surface area contributed by atoms with Gasteiger partial charge in [0.25, 0.3) is 0 Å². The third kappa shape index (κ3) is 5.03. The standard InChI is InChI=1S/C19H26BF2NO2/c1-2-3-9-19(20,18(24)25)15-7-11-23(12-8-15)10-6-14-4-5-16(21)17(22)13-14/h4-5,13,15H,2-3,6-12H2,1H3,(H,24,25). The van der Waals surface area contributed by atoms with Crippen LogP contribution in [0.5, 0.6) is 0 Å². The van der Waals surface area contributed by atoms with Gasteiger partial charge in [-0.25, -0.2) is 8.78 Å². The van der Waals surface area contributed by atoms with Crippen LogP contribution in [0.25, 0.3) is 0 Å². The average Bonchev–Trinajstić information content (AvgIpc) is 2.61. The largest absolute Gasteiger partial charge is 0.481 e. The Bertz CT molecular complexity index is 591. The molecule has 136 valence electrons. The number of rotatable bonds is 8. The molecule has 2 rings (SSSR count). The molecule has 2 radical (unpaired) electrons. The molecule has 0 spiro atoms. The number of nitrogens with zero attached hydrogens (tertiary/aromatic N) is 1. The Labute approximate surface area is 149 Å². The first-order valence-corrected chi connectivity index (χ1v) is 9.05. The van der Waals surface area contributed by atoms with Gasteiger partial charge in [0, 0.05) is 11.9 Å². The van der Waals surface area contributed by atoms with Crippen molar-refractivity contribution >= 4 is 13.8 Å². The molecule has 1 aliphatic rings. The minimum atomic E-state index is -1.14. The van der Waals surface area contributed by atoms with Gasteiger partial charge in [0.15, 0.2) is 11.6 Å². The van der Waals surface area contributed by atoms with Crippen LogP contribution in [0.3, 0.4) is 0 Å². The second-order valence-electron chi connectivity index (χ2n) is 7.06. The summed E-state index contributed by atoms with van der Waals surface area (Å²) < 4.78 is 26.2. The van der Waals surface area contributed by atoms with Crippen molar-refractivity contribution in [3.63, 3.8) is 0 Å². The molecule has 1 heterocycles. The minimum absolute atomic E-state index is 0.0175. The smallest absolute Gasteiger partial charge is 0.300 e. The number of halogens is 2. The number of unbranched alkanes of at least 4 members (excludes halogenated alkanes) is 1. The van der Waals surface area contributed by atoms with Gasteiger partial charge in [-0.3, -0.25) is 4.79 Å². The van der Waals surface area contributed by atoms with Crippen LogP contribution >= 0.6 is 0 Å². The van der Waals surface area contributed by atoms with Crippen molar-refractivity contribution in [2.24, 2.45) is 5.92 Å². The highest BCUT2D eigenvalue weighted by Gasteiger charge is 2.41. The van der Waals surface area contributed by atoms with Gasteiger partial charge < -0.3 is 10.0 Å². The van der Waals surface area contributed by atoms with E-state index in [2.05, 4.69) is 4.90 Å². The van der Waals surface area contributed by atoms with Crippen molar-refractivity contribution < 1.29 is 18.7 Å². The van der Waals surface area contributed by atoms with E-state index in [9.17, 15) is 18.7 Å². The molecule has 1 aliphatic heterocycles. The summed E-state index contributed by atoms with van der Waals surface area (Å²) in [5, 5.41) is 8.44. The van der Waals surface area contributed by atoms with Crippen LogP contribution in [-0.2, 0) is 11.2 Å². The monoisotopic (exact) mass is 349 g/mol. The number of carbonyl (C=O) groups is 1. The highest BCUT2D eigenvalue weighted by Crippen LogP contribution is 2.43. The molecule has 1 fully saturated rings. The Morgan fingerprint density at radius 3 is 2.56 bits per heavy atom. The Hall–Kier alpha value is -1.43. The predicted molar refractivity (Wildman–Crippen MR) is 94.8 cm³/mol. The number of likely N-dealkylation sites (tertiary alicyclic amines) is 1. The van der Waals surface area contributed by atoms with Crippen molar-refractivity contribution in [1.29, 1.82) is 0 Å². The molecule has 6 heteroatoms. The second kappa shape index (κ2) is 8.79. The summed E-state index contributed by atoms with van der Waals surface area (Å²) in [6.07, 6.45) is 4.41. The highest BCUT2D eigenvalue weighted by atomic mass is 19.2. The molecule has 1 N–H and O–H groups in total. The maximum absolute atomic E-state index is 13.2. The second-order valence-corrected chi connectivity index (χ2v) is 7.06. The molecule has 0 bridgehead atoms. The van der Waals surface area contributed by atoms with Gasteiger partial charge in [0.2, 0.25) is 0 Å². The highest BCUT2D eigenvalue weighted by molar-refractivity contribution is 6.26. The third-order valence-corrected chi connectivity index (χ3v) is 5.36. The summed E-state index contributed by atoms with van der Waals surface area (Å²) in [6, 6.07) is 3.99. The van der Waals surface area contributed by atoms with Gasteiger partial charge in [0.05, 0.1) is 7.85 Å². The zero-order chi connectivity index (χ0) is 18.4. The lowest BCUT2D eigenvalue weighted by Crippen LogP contribution is -2.42. The summed E-state index contributed by atoms with van der Waals surface area (Å²) in [4.78, 5) is 13.9. The lowest BCUT2D eigenvalue weighted by molar-refractivity contribution is -0.143. The maximum atomic E-state index is 13.2. The first-order chi connectivity index (χ1) is 11.9. The van der Waals surface area contributed by atoms with Crippen LogP contribution in [-0.4, -0.2) is 43.5 Å². The quantitative estimate of drug-likeness (QED) is 0.726. The SMILES string of the molecule is [B]C(CCCC)(C(=O)O)C1CCN(CCc2ccc(F)c(F)c2)CC1. The molecule has 25 heavy (non-hydrogen) atoms. The summed E-state index contributed by atoms with van der Waals surface area (Å²) in [7, 11) is 6.25. The molecule has 1 saturated heterocycles. The van der Waals surface area contributed by atoms with E-state index in [-0.39, 0.29) is 5.92 Å². The van der Waals surface area contributed by atoms with Gasteiger partial charge in [-0.15, -0.1) is 0 Å². The Balaban J connectivity index is 1.85. The lowest BCUT2D eigenvalue weighted by atomic mass is 9.56. The van der Waals surface area contributed by atoms with Gasteiger partial charge in [-0.05, 0) is 62.4 Å². The molecule has 1 atom stereocenters. The maximum Gasteiger partial charge on any atom is 0.300 e. The third-order valence-electron chi connectivity index (χ3n) is 5.36. The summed E-state index contributed by atoms with van der Waals surface area (Å²) in [6.45, 7) is 4.35. The molecule has 0 amide bonds. The van der Waals surface area contributed by atoms with Crippen LogP contribution in [0.2, 0.25) is 5.31 Å². The van der Waals surface area contributed by atoms with Crippen molar-refractivity contribution in [2.45, 2.75) is 50.8 Å². The number of piperidine rings is 1. The van der Waals surface area contributed by atoms with E-state index in [1.165, 1.54) is 6.07 Å². The number of benzene rings is 1. The molecule has 0 saturated carbocycles. The van der Waals surface area contributed by atoms with E-state index in [1.54, 1.807) is 6.07 Å². The van der Waals surface area contributed by atoms with Gasteiger partial charge in [-0.2, -0.15) is 0 Å². The number of aliphatic carboxylic acids is 1. The average molecular weight is 349 g/mol. The number of carboxylic acid groups (broad SMARTS) is 1. The Kier molecular flexibility index (Phi) is 6.99. The van der Waals surface area contributed by atoms with Gasteiger partial charge >= 0.3 is 5.97 Å². The zero-order valence-electron chi connectivity index (χ0n) is 14.8. The molecule has 3 nitrogen and oxygen atoms in total. The first-order valence-electron chi connectivity index (χ1n) is 9.05. The van der Waals surface area contributed by atoms with E-state index in [0.717, 1.165) is 56.9 Å². The normalized spacial score (nSPS) is 18.8. The lowest BCUT2D eigenvalue weighted by Gasteiger charge is -2.41. The molecule has 0 aliphatic carbocycles. The summed E-state index contributed by atoms with van der Waals surface area (Å²) in [5.41, 5.74) is 0.766. The fourth-order valence-electron chi connectivity index (χ4n) is 3.61. The van der Waals surface area contributed by atoms with E-state index < -0.39 is 22.9 Å². The fraction of sp³-hybridized carbons (Fsp3) is 0.632. The van der Waals surface area contributed by atoms with Crippen LogP contribution < -0.4 is 0 Å². The molecular formula is C19H26BF2NO2. The summed E-state index contributed by atoms with van der Waals surface area (Å²) in [5.74, 6) is -2.57. The Morgan fingerprint density at radius 2 is 2.00 bits per heavy atom. The van der Waals surface area contributed by atoms with Crippen LogP contribution in [0.15, 0.2) is 18.2 Å². The van der Waals surface area contributed by atoms with E-state index >= 15 is 0 Å². The van der Waals surface area contributed by atoms with Gasteiger partial charge in [0.1, 0.15) is 0 Å². The Morgan fingerprint density at radius 1 is 1.32 bits per heavy atom. The van der Waals surface area contributed by atoms with Crippen molar-refractivity contribution in [1.82, 2.24) is 4.90 Å². The topological polar surface area (TPSA) is 40.5 Å².